The molecule has 0 atom stereocenters. The van der Waals surface area contributed by atoms with Gasteiger partial charge in [-0.2, -0.15) is 13.2 Å². The number of carbonyl (C=O) groups is 1. The Bertz CT molecular complexity index is 1220. The Labute approximate surface area is 190 Å². The van der Waals surface area contributed by atoms with Crippen LogP contribution in [0.5, 0.6) is 0 Å². The molecule has 0 radical (unpaired) electrons. The lowest BCUT2D eigenvalue weighted by Crippen LogP contribution is -2.33. The quantitative estimate of drug-likeness (QED) is 0.502. The predicted octanol–water partition coefficient (Wildman–Crippen LogP) is 4.69. The van der Waals surface area contributed by atoms with Crippen molar-refractivity contribution in [3.8, 4) is 11.3 Å². The van der Waals surface area contributed by atoms with Crippen LogP contribution in [0, 0.1) is 12.7 Å². The molecule has 2 aromatic heterocycles. The molecular formula is C22H20F6N4O2. The summed E-state index contributed by atoms with van der Waals surface area (Å²) in [5.41, 5.74) is -0.487. The number of ether oxygens (including phenoxy) is 1. The van der Waals surface area contributed by atoms with Crippen molar-refractivity contribution in [3.63, 3.8) is 0 Å². The number of hydrogen-bond acceptors (Lipinski definition) is 4. The number of benzene rings is 1. The number of nitrogens with zero attached hydrogens (tertiary/aromatic N) is 4. The molecule has 0 spiro atoms. The average Bonchev–Trinajstić information content (AvgIpc) is 2.94. The molecule has 1 amide bonds. The Morgan fingerprint density at radius 1 is 1.15 bits per heavy atom. The van der Waals surface area contributed by atoms with E-state index in [0.29, 0.717) is 37.3 Å². The zero-order chi connectivity index (χ0) is 24.6. The summed E-state index contributed by atoms with van der Waals surface area (Å²) < 4.78 is 87.3. The molecule has 0 N–H and O–H groups in total. The van der Waals surface area contributed by atoms with E-state index < -0.39 is 36.7 Å². The standard InChI is InChI=1S/C22H20F6N4O2/c1-12-9-16-19(30-21(22(26,27)28)32(16)11-17(24)25)18(29-12)13-3-4-14(15(23)10-13)20(33)31-5-2-7-34-8-6-31/h3-4,9-10,17H,2,5-8,11H2,1H3. The molecule has 1 saturated heterocycles. The lowest BCUT2D eigenvalue weighted by molar-refractivity contribution is -0.147. The number of aromatic nitrogens is 3. The van der Waals surface area contributed by atoms with Crippen LogP contribution < -0.4 is 0 Å². The molecule has 0 aliphatic carbocycles. The molecule has 4 rings (SSSR count). The fourth-order valence-electron chi connectivity index (χ4n) is 3.94. The van der Waals surface area contributed by atoms with Gasteiger partial charge in [0.15, 0.2) is 0 Å². The summed E-state index contributed by atoms with van der Waals surface area (Å²) in [6.07, 6.45) is -7.43. The molecule has 0 saturated carbocycles. The molecule has 3 aromatic rings. The number of aryl methyl sites for hydroxylation is 1. The maximum absolute atomic E-state index is 15.0. The van der Waals surface area contributed by atoms with Gasteiger partial charge in [-0.1, -0.05) is 6.07 Å². The van der Waals surface area contributed by atoms with Gasteiger partial charge in [-0.15, -0.1) is 0 Å². The van der Waals surface area contributed by atoms with Crippen LogP contribution in [0.25, 0.3) is 22.3 Å². The predicted molar refractivity (Wildman–Crippen MR) is 110 cm³/mol. The van der Waals surface area contributed by atoms with Gasteiger partial charge in [0, 0.05) is 31.0 Å². The van der Waals surface area contributed by atoms with Gasteiger partial charge in [0.05, 0.1) is 29.9 Å². The minimum atomic E-state index is -4.99. The van der Waals surface area contributed by atoms with E-state index in [-0.39, 0.29) is 33.5 Å². The largest absolute Gasteiger partial charge is 0.449 e. The summed E-state index contributed by atoms with van der Waals surface area (Å²) in [6, 6.07) is 4.79. The molecule has 1 aliphatic heterocycles. The third-order valence-electron chi connectivity index (χ3n) is 5.42. The van der Waals surface area contributed by atoms with E-state index in [2.05, 4.69) is 9.97 Å². The van der Waals surface area contributed by atoms with Crippen LogP contribution in [-0.2, 0) is 17.5 Å². The van der Waals surface area contributed by atoms with E-state index in [0.717, 1.165) is 6.07 Å². The topological polar surface area (TPSA) is 60.2 Å². The lowest BCUT2D eigenvalue weighted by atomic mass is 10.1. The van der Waals surface area contributed by atoms with E-state index in [9.17, 15) is 31.1 Å². The van der Waals surface area contributed by atoms with Crippen LogP contribution in [0.15, 0.2) is 24.3 Å². The van der Waals surface area contributed by atoms with Crippen LogP contribution in [-0.4, -0.2) is 58.1 Å². The minimum Gasteiger partial charge on any atom is -0.380 e. The highest BCUT2D eigenvalue weighted by atomic mass is 19.4. The molecule has 1 aliphatic rings. The molecule has 34 heavy (non-hydrogen) atoms. The second kappa shape index (κ2) is 9.24. The van der Waals surface area contributed by atoms with Crippen molar-refractivity contribution in [1.82, 2.24) is 19.4 Å². The van der Waals surface area contributed by atoms with Crippen LogP contribution >= 0.6 is 0 Å². The molecule has 3 heterocycles. The van der Waals surface area contributed by atoms with Crippen molar-refractivity contribution in [1.29, 1.82) is 0 Å². The maximum Gasteiger partial charge on any atom is 0.449 e. The highest BCUT2D eigenvalue weighted by Gasteiger charge is 2.39. The van der Waals surface area contributed by atoms with Crippen molar-refractivity contribution in [3.05, 3.63) is 47.2 Å². The molecule has 1 fully saturated rings. The third-order valence-corrected chi connectivity index (χ3v) is 5.42. The fraction of sp³-hybridized carbons (Fsp3) is 0.409. The SMILES string of the molecule is Cc1cc2c(nc(C(F)(F)F)n2CC(F)F)c(-c2ccc(C(=O)N3CCCOCC3)c(F)c2)n1. The van der Waals surface area contributed by atoms with Gasteiger partial charge in [0.1, 0.15) is 11.3 Å². The summed E-state index contributed by atoms with van der Waals surface area (Å²) in [4.78, 5) is 22.0. The fourth-order valence-corrected chi connectivity index (χ4v) is 3.94. The van der Waals surface area contributed by atoms with Crippen molar-refractivity contribution < 1.29 is 35.9 Å². The van der Waals surface area contributed by atoms with E-state index in [4.69, 9.17) is 4.74 Å². The molecule has 182 valence electrons. The molecule has 12 heteroatoms. The second-order valence-corrected chi connectivity index (χ2v) is 7.87. The first kappa shape index (κ1) is 24.0. The molecule has 0 unspecified atom stereocenters. The number of halogens is 6. The van der Waals surface area contributed by atoms with Crippen molar-refractivity contribution in [2.24, 2.45) is 0 Å². The Hall–Kier alpha value is -3.15. The van der Waals surface area contributed by atoms with E-state index >= 15 is 0 Å². The monoisotopic (exact) mass is 486 g/mol. The number of rotatable bonds is 4. The smallest absolute Gasteiger partial charge is 0.380 e. The summed E-state index contributed by atoms with van der Waals surface area (Å²) in [5.74, 6) is -2.91. The van der Waals surface area contributed by atoms with Crippen LogP contribution in [0.4, 0.5) is 26.3 Å². The Kier molecular flexibility index (Phi) is 6.52. The Balaban J connectivity index is 1.80. The van der Waals surface area contributed by atoms with Gasteiger partial charge in [0.25, 0.3) is 12.3 Å². The molecule has 6 nitrogen and oxygen atoms in total. The average molecular weight is 486 g/mol. The normalized spacial score (nSPS) is 15.2. The third kappa shape index (κ3) is 4.72. The summed E-state index contributed by atoms with van der Waals surface area (Å²) in [7, 11) is 0. The number of imidazole rings is 1. The Morgan fingerprint density at radius 3 is 2.59 bits per heavy atom. The minimum absolute atomic E-state index is 0.0670. The molecular weight excluding hydrogens is 466 g/mol. The second-order valence-electron chi connectivity index (χ2n) is 7.87. The van der Waals surface area contributed by atoms with Gasteiger partial charge in [-0.3, -0.25) is 9.78 Å². The van der Waals surface area contributed by atoms with Crippen LogP contribution in [0.2, 0.25) is 0 Å². The summed E-state index contributed by atoms with van der Waals surface area (Å²) >= 11 is 0. The van der Waals surface area contributed by atoms with Gasteiger partial charge in [-0.25, -0.2) is 18.2 Å². The van der Waals surface area contributed by atoms with Gasteiger partial charge >= 0.3 is 6.18 Å². The number of amides is 1. The van der Waals surface area contributed by atoms with Crippen molar-refractivity contribution in [2.75, 3.05) is 26.3 Å². The van der Waals surface area contributed by atoms with E-state index in [1.165, 1.54) is 30.0 Å². The first-order valence-corrected chi connectivity index (χ1v) is 10.5. The lowest BCUT2D eigenvalue weighted by Gasteiger charge is -2.20. The summed E-state index contributed by atoms with van der Waals surface area (Å²) in [5, 5.41) is 0. The first-order chi connectivity index (χ1) is 16.1. The zero-order valence-corrected chi connectivity index (χ0v) is 18.0. The maximum atomic E-state index is 15.0. The number of pyridine rings is 1. The molecule has 0 bridgehead atoms. The number of carbonyl (C=O) groups excluding carboxylic acids is 1. The van der Waals surface area contributed by atoms with Gasteiger partial charge in [0.2, 0.25) is 5.82 Å². The van der Waals surface area contributed by atoms with E-state index in [1.54, 1.807) is 0 Å². The number of alkyl halides is 5. The summed E-state index contributed by atoms with van der Waals surface area (Å²) in [6.45, 7) is 1.81. The first-order valence-electron chi connectivity index (χ1n) is 10.5. The highest BCUT2D eigenvalue weighted by Crippen LogP contribution is 2.35. The van der Waals surface area contributed by atoms with Crippen LogP contribution in [0.3, 0.4) is 0 Å². The van der Waals surface area contributed by atoms with E-state index in [1.807, 2.05) is 0 Å². The van der Waals surface area contributed by atoms with Gasteiger partial charge < -0.3 is 14.2 Å². The van der Waals surface area contributed by atoms with Crippen molar-refractivity contribution >= 4 is 16.9 Å². The van der Waals surface area contributed by atoms with Gasteiger partial charge in [-0.05, 0) is 31.5 Å². The zero-order valence-electron chi connectivity index (χ0n) is 18.0. The molecule has 1 aromatic carbocycles. The Morgan fingerprint density at radius 2 is 1.91 bits per heavy atom. The highest BCUT2D eigenvalue weighted by molar-refractivity contribution is 5.96. The number of hydrogen-bond donors (Lipinski definition) is 0. The van der Waals surface area contributed by atoms with Crippen molar-refractivity contribution in [2.45, 2.75) is 32.5 Å². The van der Waals surface area contributed by atoms with Crippen LogP contribution in [0.1, 0.15) is 28.3 Å². The number of fused-ring (bicyclic) bond motifs is 1.